The molecule has 1 saturated heterocycles. The Kier molecular flexibility index (Phi) is 4.63. The van der Waals surface area contributed by atoms with Gasteiger partial charge in [-0.2, -0.15) is 4.31 Å². The maximum absolute atomic E-state index is 12.6. The molecule has 1 aromatic carbocycles. The van der Waals surface area contributed by atoms with E-state index in [1.807, 2.05) is 30.3 Å². The highest BCUT2D eigenvalue weighted by Crippen LogP contribution is 2.29. The fourth-order valence-corrected chi connectivity index (χ4v) is 4.73. The molecule has 0 radical (unpaired) electrons. The maximum Gasteiger partial charge on any atom is 0.218 e. The van der Waals surface area contributed by atoms with Crippen LogP contribution >= 0.6 is 0 Å². The summed E-state index contributed by atoms with van der Waals surface area (Å²) in [6.45, 7) is 4.97. The van der Waals surface area contributed by atoms with Gasteiger partial charge in [-0.05, 0) is 24.3 Å². The summed E-state index contributed by atoms with van der Waals surface area (Å²) in [5.41, 5.74) is 0.873. The van der Waals surface area contributed by atoms with Crippen molar-refractivity contribution in [2.24, 2.45) is 5.92 Å². The molecule has 0 spiro atoms. The van der Waals surface area contributed by atoms with Crippen molar-refractivity contribution < 1.29 is 8.42 Å². The Morgan fingerprint density at radius 1 is 1.32 bits per heavy atom. The molecule has 3 nitrogen and oxygen atoms in total. The number of rotatable bonds is 5. The van der Waals surface area contributed by atoms with E-state index in [2.05, 4.69) is 13.8 Å². The highest BCUT2D eigenvalue weighted by molar-refractivity contribution is 7.88. The zero-order chi connectivity index (χ0) is 13.9. The minimum absolute atomic E-state index is 0.126. The standard InChI is InChI=1S/C15H23NO2S/c1-3-13(2)15-10-7-11-16(15)19(17,18)12-14-8-5-4-6-9-14/h4-6,8-9,13,15H,3,7,10-12H2,1-2H3. The molecular weight excluding hydrogens is 258 g/mol. The van der Waals surface area contributed by atoms with Crippen molar-refractivity contribution in [2.45, 2.75) is 44.9 Å². The molecule has 1 fully saturated rings. The monoisotopic (exact) mass is 281 g/mol. The van der Waals surface area contributed by atoms with Crippen molar-refractivity contribution in [2.75, 3.05) is 6.54 Å². The van der Waals surface area contributed by atoms with Gasteiger partial charge in [0, 0.05) is 12.6 Å². The second-order valence-electron chi connectivity index (χ2n) is 5.45. The summed E-state index contributed by atoms with van der Waals surface area (Å²) in [5.74, 6) is 0.564. The molecule has 0 aliphatic carbocycles. The summed E-state index contributed by atoms with van der Waals surface area (Å²) in [5, 5.41) is 0. The SMILES string of the molecule is CCC(C)C1CCCN1S(=O)(=O)Cc1ccccc1. The van der Waals surface area contributed by atoms with Crippen LogP contribution in [0.4, 0.5) is 0 Å². The van der Waals surface area contributed by atoms with Crippen molar-refractivity contribution in [3.05, 3.63) is 35.9 Å². The van der Waals surface area contributed by atoms with Crippen LogP contribution in [0.1, 0.15) is 38.7 Å². The number of hydrogen-bond donors (Lipinski definition) is 0. The Bertz CT molecular complexity index is 498. The normalized spacial score (nSPS) is 22.5. The molecule has 0 saturated carbocycles. The third kappa shape index (κ3) is 3.37. The van der Waals surface area contributed by atoms with Gasteiger partial charge in [-0.1, -0.05) is 50.6 Å². The van der Waals surface area contributed by atoms with Crippen LogP contribution in [0.2, 0.25) is 0 Å². The molecule has 2 atom stereocenters. The largest absolute Gasteiger partial charge is 0.218 e. The molecule has 1 aromatic rings. The maximum atomic E-state index is 12.6. The number of hydrogen-bond acceptors (Lipinski definition) is 2. The first-order valence-electron chi connectivity index (χ1n) is 7.08. The van der Waals surface area contributed by atoms with Crippen molar-refractivity contribution in [3.63, 3.8) is 0 Å². The zero-order valence-electron chi connectivity index (χ0n) is 11.7. The van der Waals surface area contributed by atoms with Crippen molar-refractivity contribution in [3.8, 4) is 0 Å². The Morgan fingerprint density at radius 2 is 2.00 bits per heavy atom. The van der Waals surface area contributed by atoms with Gasteiger partial charge in [0.1, 0.15) is 0 Å². The van der Waals surface area contributed by atoms with Crippen LogP contribution in [0, 0.1) is 5.92 Å². The van der Waals surface area contributed by atoms with Crippen LogP contribution in [0.15, 0.2) is 30.3 Å². The minimum Gasteiger partial charge on any atom is -0.212 e. The van der Waals surface area contributed by atoms with Crippen LogP contribution in [0.25, 0.3) is 0 Å². The third-order valence-corrected chi connectivity index (χ3v) is 5.96. The Morgan fingerprint density at radius 3 is 2.63 bits per heavy atom. The van der Waals surface area contributed by atoms with Crippen LogP contribution in [0.3, 0.4) is 0 Å². The van der Waals surface area contributed by atoms with Gasteiger partial charge < -0.3 is 0 Å². The lowest BCUT2D eigenvalue weighted by molar-refractivity contribution is 0.294. The average Bonchev–Trinajstić information content (AvgIpc) is 2.88. The lowest BCUT2D eigenvalue weighted by atomic mass is 9.98. The first kappa shape index (κ1) is 14.5. The van der Waals surface area contributed by atoms with Crippen LogP contribution in [-0.2, 0) is 15.8 Å². The van der Waals surface area contributed by atoms with Crippen LogP contribution in [-0.4, -0.2) is 25.3 Å². The van der Waals surface area contributed by atoms with E-state index in [0.29, 0.717) is 12.5 Å². The number of benzene rings is 1. The average molecular weight is 281 g/mol. The van der Waals surface area contributed by atoms with Gasteiger partial charge in [-0.3, -0.25) is 0 Å². The molecule has 0 bridgehead atoms. The summed E-state index contributed by atoms with van der Waals surface area (Å²) in [6.07, 6.45) is 3.02. The van der Waals surface area contributed by atoms with Gasteiger partial charge in [-0.25, -0.2) is 8.42 Å². The summed E-state index contributed by atoms with van der Waals surface area (Å²) >= 11 is 0. The summed E-state index contributed by atoms with van der Waals surface area (Å²) in [7, 11) is -3.18. The summed E-state index contributed by atoms with van der Waals surface area (Å²) in [4.78, 5) is 0. The summed E-state index contributed by atoms with van der Waals surface area (Å²) in [6, 6.07) is 9.65. The predicted octanol–water partition coefficient (Wildman–Crippen LogP) is 3.03. The van der Waals surface area contributed by atoms with E-state index < -0.39 is 10.0 Å². The molecule has 106 valence electrons. The summed E-state index contributed by atoms with van der Waals surface area (Å²) < 4.78 is 26.9. The fourth-order valence-electron chi connectivity index (χ4n) is 2.82. The topological polar surface area (TPSA) is 37.4 Å². The van der Waals surface area contributed by atoms with Gasteiger partial charge in [0.25, 0.3) is 0 Å². The highest BCUT2D eigenvalue weighted by atomic mass is 32.2. The van der Waals surface area contributed by atoms with Gasteiger partial charge in [-0.15, -0.1) is 0 Å². The smallest absolute Gasteiger partial charge is 0.212 e. The van der Waals surface area contributed by atoms with Crippen molar-refractivity contribution in [1.82, 2.24) is 4.31 Å². The molecule has 4 heteroatoms. The minimum atomic E-state index is -3.18. The van der Waals surface area contributed by atoms with E-state index in [1.165, 1.54) is 0 Å². The lowest BCUT2D eigenvalue weighted by Crippen LogP contribution is -2.39. The fraction of sp³-hybridized carbons (Fsp3) is 0.600. The second-order valence-corrected chi connectivity index (χ2v) is 7.37. The molecule has 0 aromatic heterocycles. The second kappa shape index (κ2) is 6.06. The Balaban J connectivity index is 2.15. The van der Waals surface area contributed by atoms with E-state index in [-0.39, 0.29) is 11.8 Å². The zero-order valence-corrected chi connectivity index (χ0v) is 12.6. The van der Waals surface area contributed by atoms with Gasteiger partial charge >= 0.3 is 0 Å². The molecule has 0 N–H and O–H groups in total. The molecular formula is C15H23NO2S. The molecule has 1 heterocycles. The van der Waals surface area contributed by atoms with E-state index in [1.54, 1.807) is 4.31 Å². The lowest BCUT2D eigenvalue weighted by Gasteiger charge is -2.28. The molecule has 19 heavy (non-hydrogen) atoms. The molecule has 0 amide bonds. The van der Waals surface area contributed by atoms with Crippen LogP contribution in [0.5, 0.6) is 0 Å². The van der Waals surface area contributed by atoms with Gasteiger partial charge in [0.2, 0.25) is 10.0 Å². The van der Waals surface area contributed by atoms with Crippen molar-refractivity contribution in [1.29, 1.82) is 0 Å². The number of sulfonamides is 1. The molecule has 1 aliphatic heterocycles. The van der Waals surface area contributed by atoms with E-state index in [9.17, 15) is 8.42 Å². The third-order valence-electron chi connectivity index (χ3n) is 4.10. The molecule has 2 rings (SSSR count). The Labute approximate surface area is 116 Å². The Hall–Kier alpha value is -0.870. The van der Waals surface area contributed by atoms with Gasteiger partial charge in [0.15, 0.2) is 0 Å². The van der Waals surface area contributed by atoms with E-state index >= 15 is 0 Å². The first-order valence-corrected chi connectivity index (χ1v) is 8.69. The predicted molar refractivity (Wildman–Crippen MR) is 78.2 cm³/mol. The van der Waals surface area contributed by atoms with E-state index in [0.717, 1.165) is 24.8 Å². The quantitative estimate of drug-likeness (QED) is 0.832. The highest BCUT2D eigenvalue weighted by Gasteiger charge is 2.36. The molecule has 1 aliphatic rings. The number of nitrogens with zero attached hydrogens (tertiary/aromatic N) is 1. The van der Waals surface area contributed by atoms with Crippen molar-refractivity contribution >= 4 is 10.0 Å². The van der Waals surface area contributed by atoms with Gasteiger partial charge in [0.05, 0.1) is 5.75 Å². The van der Waals surface area contributed by atoms with Crippen LogP contribution < -0.4 is 0 Å². The molecule has 2 unspecified atom stereocenters. The first-order chi connectivity index (χ1) is 9.04. The van der Waals surface area contributed by atoms with E-state index in [4.69, 9.17) is 0 Å².